The van der Waals surface area contributed by atoms with Crippen LogP contribution >= 0.6 is 15.9 Å². The van der Waals surface area contributed by atoms with Crippen molar-refractivity contribution in [2.24, 2.45) is 0 Å². The number of rotatable bonds is 3. The Bertz CT molecular complexity index is 1320. The van der Waals surface area contributed by atoms with Crippen molar-refractivity contribution >= 4 is 37.0 Å². The summed E-state index contributed by atoms with van der Waals surface area (Å²) in [7, 11) is -3.88. The topological polar surface area (TPSA) is 64.8 Å². The first-order valence-corrected chi connectivity index (χ1v) is 10.6. The van der Waals surface area contributed by atoms with Crippen LogP contribution in [0.25, 0.3) is 22.2 Å². The van der Waals surface area contributed by atoms with Gasteiger partial charge in [0, 0.05) is 40.1 Å². The smallest absolute Gasteiger partial charge is 0.236 e. The Labute approximate surface area is 170 Å². The molecule has 0 saturated carbocycles. The van der Waals surface area contributed by atoms with Crippen LogP contribution in [0.1, 0.15) is 11.1 Å². The second-order valence-corrected chi connectivity index (χ2v) is 9.12. The Balaban J connectivity index is 2.06. The minimum atomic E-state index is -3.88. The van der Waals surface area contributed by atoms with Crippen LogP contribution < -0.4 is 0 Å². The number of halogens is 2. The summed E-state index contributed by atoms with van der Waals surface area (Å²) in [5, 5.41) is 0.635. The summed E-state index contributed by atoms with van der Waals surface area (Å²) in [6, 6.07) is 9.53. The lowest BCUT2D eigenvalue weighted by Gasteiger charge is -2.08. The highest BCUT2D eigenvalue weighted by molar-refractivity contribution is 9.10. The van der Waals surface area contributed by atoms with Gasteiger partial charge >= 0.3 is 0 Å². The SMILES string of the molecule is Cc1ccc(S(=O)(=O)n2cc(-c3ccnc(F)c3)c3c(C)c(Br)cnc32)cc1. The lowest BCUT2D eigenvalue weighted by Crippen LogP contribution is -2.12. The van der Waals surface area contributed by atoms with Gasteiger partial charge in [-0.25, -0.2) is 22.4 Å². The van der Waals surface area contributed by atoms with Gasteiger partial charge in [0.05, 0.1) is 4.90 Å². The minimum absolute atomic E-state index is 0.157. The molecule has 3 aromatic heterocycles. The zero-order chi connectivity index (χ0) is 20.1. The Morgan fingerprint density at radius 3 is 2.46 bits per heavy atom. The monoisotopic (exact) mass is 459 g/mol. The summed E-state index contributed by atoms with van der Waals surface area (Å²) in [5.74, 6) is -0.639. The number of pyridine rings is 2. The highest BCUT2D eigenvalue weighted by Gasteiger charge is 2.24. The third-order valence-corrected chi connectivity index (χ3v) is 7.06. The molecule has 1 aromatic carbocycles. The van der Waals surface area contributed by atoms with Crippen molar-refractivity contribution in [3.8, 4) is 11.1 Å². The van der Waals surface area contributed by atoms with Gasteiger partial charge in [-0.3, -0.25) is 0 Å². The van der Waals surface area contributed by atoms with Crippen LogP contribution in [0.15, 0.2) is 64.4 Å². The molecule has 4 aromatic rings. The van der Waals surface area contributed by atoms with E-state index in [9.17, 15) is 12.8 Å². The van der Waals surface area contributed by atoms with Gasteiger partial charge in [0.1, 0.15) is 0 Å². The second-order valence-electron chi connectivity index (χ2n) is 6.45. The van der Waals surface area contributed by atoms with Crippen LogP contribution in [-0.4, -0.2) is 22.4 Å². The van der Waals surface area contributed by atoms with E-state index in [0.717, 1.165) is 19.6 Å². The van der Waals surface area contributed by atoms with Crippen molar-refractivity contribution in [3.05, 3.63) is 76.5 Å². The maximum atomic E-state index is 13.7. The molecule has 0 aliphatic carbocycles. The summed E-state index contributed by atoms with van der Waals surface area (Å²) in [5.41, 5.74) is 3.15. The molecular weight excluding hydrogens is 445 g/mol. The number of nitrogens with zero attached hydrogens (tertiary/aromatic N) is 3. The van der Waals surface area contributed by atoms with Gasteiger partial charge in [-0.1, -0.05) is 17.7 Å². The van der Waals surface area contributed by atoms with Crippen LogP contribution in [0, 0.1) is 19.8 Å². The molecule has 3 heterocycles. The van der Waals surface area contributed by atoms with E-state index in [-0.39, 0.29) is 10.5 Å². The van der Waals surface area contributed by atoms with E-state index in [1.165, 1.54) is 18.5 Å². The fraction of sp³-hybridized carbons (Fsp3) is 0.100. The van der Waals surface area contributed by atoms with E-state index < -0.39 is 16.0 Å². The molecule has 0 fully saturated rings. The molecule has 0 atom stereocenters. The largest absolute Gasteiger partial charge is 0.269 e. The highest BCUT2D eigenvalue weighted by atomic mass is 79.9. The molecule has 142 valence electrons. The fourth-order valence-corrected chi connectivity index (χ4v) is 4.71. The molecule has 8 heteroatoms. The molecule has 4 rings (SSSR count). The molecule has 0 spiro atoms. The number of hydrogen-bond acceptors (Lipinski definition) is 4. The van der Waals surface area contributed by atoms with Crippen molar-refractivity contribution in [1.29, 1.82) is 0 Å². The normalized spacial score (nSPS) is 11.9. The summed E-state index contributed by atoms with van der Waals surface area (Å²) in [6.45, 7) is 3.75. The zero-order valence-corrected chi connectivity index (χ0v) is 17.4. The third-order valence-electron chi connectivity index (χ3n) is 4.60. The fourth-order valence-electron chi connectivity index (χ4n) is 3.09. The number of benzene rings is 1. The van der Waals surface area contributed by atoms with E-state index in [4.69, 9.17) is 0 Å². The Hall–Kier alpha value is -2.58. The molecule has 0 N–H and O–H groups in total. The molecular formula is C20H15BrFN3O2S. The number of fused-ring (bicyclic) bond motifs is 1. The van der Waals surface area contributed by atoms with Gasteiger partial charge in [0.25, 0.3) is 10.0 Å². The average Bonchev–Trinajstić information content (AvgIpc) is 3.06. The molecule has 0 saturated heterocycles. The predicted molar refractivity (Wildman–Crippen MR) is 109 cm³/mol. The van der Waals surface area contributed by atoms with Crippen molar-refractivity contribution in [2.75, 3.05) is 0 Å². The summed E-state index contributed by atoms with van der Waals surface area (Å²) < 4.78 is 42.2. The van der Waals surface area contributed by atoms with Crippen LogP contribution in [0.4, 0.5) is 4.39 Å². The highest BCUT2D eigenvalue weighted by Crippen LogP contribution is 2.36. The average molecular weight is 460 g/mol. The summed E-state index contributed by atoms with van der Waals surface area (Å²) >= 11 is 3.44. The lowest BCUT2D eigenvalue weighted by atomic mass is 10.0. The maximum absolute atomic E-state index is 13.7. The van der Waals surface area contributed by atoms with Crippen molar-refractivity contribution in [2.45, 2.75) is 18.7 Å². The van der Waals surface area contributed by atoms with Gasteiger partial charge in [-0.15, -0.1) is 0 Å². The number of aryl methyl sites for hydroxylation is 2. The molecule has 28 heavy (non-hydrogen) atoms. The number of hydrogen-bond donors (Lipinski definition) is 0. The third kappa shape index (κ3) is 3.02. The molecule has 0 unspecified atom stereocenters. The summed E-state index contributed by atoms with van der Waals surface area (Å²) in [4.78, 5) is 8.08. The van der Waals surface area contributed by atoms with Crippen LogP contribution in [0.2, 0.25) is 0 Å². The first-order valence-electron chi connectivity index (χ1n) is 8.39. The van der Waals surface area contributed by atoms with Gasteiger partial charge in [-0.05, 0) is 59.1 Å². The van der Waals surface area contributed by atoms with Gasteiger partial charge in [0.15, 0.2) is 5.65 Å². The first-order chi connectivity index (χ1) is 13.3. The van der Waals surface area contributed by atoms with Crippen LogP contribution in [0.5, 0.6) is 0 Å². The van der Waals surface area contributed by atoms with Gasteiger partial charge in [0.2, 0.25) is 5.95 Å². The molecule has 0 bridgehead atoms. The van der Waals surface area contributed by atoms with E-state index in [1.54, 1.807) is 36.5 Å². The van der Waals surface area contributed by atoms with E-state index in [1.807, 2.05) is 13.8 Å². The van der Waals surface area contributed by atoms with E-state index in [0.29, 0.717) is 16.5 Å². The van der Waals surface area contributed by atoms with Crippen molar-refractivity contribution in [1.82, 2.24) is 13.9 Å². The molecule has 0 aliphatic rings. The predicted octanol–water partition coefficient (Wildman–Crippen LogP) is 4.85. The quantitative estimate of drug-likeness (QED) is 0.410. The van der Waals surface area contributed by atoms with Gasteiger partial charge < -0.3 is 0 Å². The van der Waals surface area contributed by atoms with Crippen LogP contribution in [0.3, 0.4) is 0 Å². The Morgan fingerprint density at radius 1 is 1.07 bits per heavy atom. The van der Waals surface area contributed by atoms with Crippen LogP contribution in [-0.2, 0) is 10.0 Å². The van der Waals surface area contributed by atoms with Crippen molar-refractivity contribution in [3.63, 3.8) is 0 Å². The minimum Gasteiger partial charge on any atom is -0.236 e. The lowest BCUT2D eigenvalue weighted by molar-refractivity contribution is 0.584. The van der Waals surface area contributed by atoms with Crippen molar-refractivity contribution < 1.29 is 12.8 Å². The molecule has 0 radical (unpaired) electrons. The standard InChI is InChI=1S/C20H15BrFN3O2S/c1-12-3-5-15(6-4-12)28(26,27)25-11-16(14-7-8-23-18(22)9-14)19-13(2)17(21)10-24-20(19)25/h3-11H,1-2H3. The van der Waals surface area contributed by atoms with E-state index >= 15 is 0 Å². The number of aromatic nitrogens is 3. The maximum Gasteiger partial charge on any atom is 0.269 e. The molecule has 5 nitrogen and oxygen atoms in total. The van der Waals surface area contributed by atoms with E-state index in [2.05, 4.69) is 25.9 Å². The second kappa shape index (κ2) is 6.79. The molecule has 0 aliphatic heterocycles. The Kier molecular flexibility index (Phi) is 4.55. The zero-order valence-electron chi connectivity index (χ0n) is 15.0. The first kappa shape index (κ1) is 18.8. The summed E-state index contributed by atoms with van der Waals surface area (Å²) in [6.07, 6.45) is 4.40. The van der Waals surface area contributed by atoms with Gasteiger partial charge in [-0.2, -0.15) is 4.39 Å². The molecule has 0 amide bonds. The Morgan fingerprint density at radius 2 is 1.79 bits per heavy atom.